The number of amides is 1. The summed E-state index contributed by atoms with van der Waals surface area (Å²) in [7, 11) is 1.89. The fraction of sp³-hybridized carbons (Fsp3) is 0.227. The Morgan fingerprint density at radius 3 is 2.84 bits per heavy atom. The lowest BCUT2D eigenvalue weighted by molar-refractivity contribution is 0.0716. The third-order valence-electron chi connectivity index (χ3n) is 5.72. The zero-order valence-electron chi connectivity index (χ0n) is 16.8. The van der Waals surface area contributed by atoms with E-state index < -0.39 is 11.6 Å². The van der Waals surface area contributed by atoms with Crippen molar-refractivity contribution in [2.75, 3.05) is 6.54 Å². The number of aryl methyl sites for hydroxylation is 1. The summed E-state index contributed by atoms with van der Waals surface area (Å²) in [6, 6.07) is 6.58. The van der Waals surface area contributed by atoms with Crippen molar-refractivity contribution in [3.63, 3.8) is 0 Å². The Morgan fingerprint density at radius 2 is 2.10 bits per heavy atom. The lowest BCUT2D eigenvalue weighted by atomic mass is 9.91. The molecule has 4 heterocycles. The Labute approximate surface area is 180 Å². The molecule has 1 aliphatic rings. The molecule has 0 spiro atoms. The molecule has 0 fully saturated rings. The zero-order chi connectivity index (χ0) is 21.7. The first-order valence-corrected chi connectivity index (χ1v) is 10.6. The van der Waals surface area contributed by atoms with E-state index in [1.807, 2.05) is 36.3 Å². The second-order valence-corrected chi connectivity index (χ2v) is 8.51. The Balaban J connectivity index is 1.45. The second kappa shape index (κ2) is 7.42. The summed E-state index contributed by atoms with van der Waals surface area (Å²) in [5, 5.41) is 10.2. The molecule has 0 saturated carbocycles. The maximum Gasteiger partial charge on any atom is 0.276 e. The SMILES string of the molecule is Cc1c([C@H]2CN(C(=O)c3cc(-c4ccc(F)cc4F)on3)Cc3ccsc32)cnn1C. The van der Waals surface area contributed by atoms with Gasteiger partial charge in [0.1, 0.15) is 11.6 Å². The topological polar surface area (TPSA) is 64.2 Å². The summed E-state index contributed by atoms with van der Waals surface area (Å²) in [5.74, 6) is -1.67. The van der Waals surface area contributed by atoms with Crippen molar-refractivity contribution in [2.45, 2.75) is 19.4 Å². The first-order chi connectivity index (χ1) is 14.9. The van der Waals surface area contributed by atoms with Gasteiger partial charge in [-0.05, 0) is 36.1 Å². The Morgan fingerprint density at radius 1 is 1.26 bits per heavy atom. The molecule has 0 saturated heterocycles. The van der Waals surface area contributed by atoms with Crippen LogP contribution in [0.4, 0.5) is 8.78 Å². The van der Waals surface area contributed by atoms with Gasteiger partial charge in [-0.1, -0.05) is 5.16 Å². The molecule has 4 aromatic rings. The van der Waals surface area contributed by atoms with Gasteiger partial charge in [0.05, 0.1) is 11.8 Å². The summed E-state index contributed by atoms with van der Waals surface area (Å²) < 4.78 is 34.3. The maximum absolute atomic E-state index is 14.1. The number of fused-ring (bicyclic) bond motifs is 1. The molecule has 31 heavy (non-hydrogen) atoms. The zero-order valence-corrected chi connectivity index (χ0v) is 17.6. The Bertz CT molecular complexity index is 1290. The van der Waals surface area contributed by atoms with E-state index in [2.05, 4.69) is 10.3 Å². The van der Waals surface area contributed by atoms with Crippen LogP contribution in [0, 0.1) is 18.6 Å². The van der Waals surface area contributed by atoms with Gasteiger partial charge in [0.25, 0.3) is 5.91 Å². The molecular weight excluding hydrogens is 422 g/mol. The predicted octanol–water partition coefficient (Wildman–Crippen LogP) is 4.51. The molecule has 3 aromatic heterocycles. The summed E-state index contributed by atoms with van der Waals surface area (Å²) in [6.45, 7) is 2.95. The van der Waals surface area contributed by atoms with Gasteiger partial charge < -0.3 is 9.42 Å². The number of hydrogen-bond acceptors (Lipinski definition) is 5. The molecule has 0 N–H and O–H groups in total. The van der Waals surface area contributed by atoms with E-state index in [9.17, 15) is 13.6 Å². The van der Waals surface area contributed by atoms with Gasteiger partial charge in [-0.2, -0.15) is 5.10 Å². The Kier molecular flexibility index (Phi) is 4.70. The fourth-order valence-corrected chi connectivity index (χ4v) is 4.99. The smallest absolute Gasteiger partial charge is 0.276 e. The first-order valence-electron chi connectivity index (χ1n) is 9.68. The van der Waals surface area contributed by atoms with E-state index >= 15 is 0 Å². The van der Waals surface area contributed by atoms with Gasteiger partial charge in [-0.15, -0.1) is 11.3 Å². The molecule has 158 valence electrons. The van der Waals surface area contributed by atoms with Crippen molar-refractivity contribution in [2.24, 2.45) is 7.05 Å². The highest BCUT2D eigenvalue weighted by Gasteiger charge is 2.33. The van der Waals surface area contributed by atoms with Crippen molar-refractivity contribution in [3.8, 4) is 11.3 Å². The molecule has 0 aliphatic carbocycles. The lowest BCUT2D eigenvalue weighted by Crippen LogP contribution is -2.38. The van der Waals surface area contributed by atoms with E-state index in [4.69, 9.17) is 4.52 Å². The number of rotatable bonds is 3. The molecule has 0 bridgehead atoms. The van der Waals surface area contributed by atoms with Crippen LogP contribution < -0.4 is 0 Å². The summed E-state index contributed by atoms with van der Waals surface area (Å²) in [4.78, 5) is 16.2. The molecule has 1 aliphatic heterocycles. The van der Waals surface area contributed by atoms with Crippen molar-refractivity contribution in [3.05, 3.63) is 80.9 Å². The van der Waals surface area contributed by atoms with Crippen LogP contribution in [-0.2, 0) is 13.6 Å². The minimum Gasteiger partial charge on any atom is -0.355 e. The number of halogens is 2. The van der Waals surface area contributed by atoms with E-state index in [1.165, 1.54) is 17.0 Å². The monoisotopic (exact) mass is 440 g/mol. The van der Waals surface area contributed by atoms with Crippen LogP contribution >= 0.6 is 11.3 Å². The van der Waals surface area contributed by atoms with Crippen molar-refractivity contribution >= 4 is 17.2 Å². The molecule has 5 rings (SSSR count). The lowest BCUT2D eigenvalue weighted by Gasteiger charge is -2.32. The minimum atomic E-state index is -0.775. The number of carbonyl (C=O) groups is 1. The van der Waals surface area contributed by atoms with E-state index in [-0.39, 0.29) is 28.8 Å². The Hall–Kier alpha value is -3.33. The predicted molar refractivity (Wildman–Crippen MR) is 111 cm³/mol. The van der Waals surface area contributed by atoms with Gasteiger partial charge in [0.2, 0.25) is 0 Å². The van der Waals surface area contributed by atoms with Crippen LogP contribution in [-0.4, -0.2) is 32.3 Å². The van der Waals surface area contributed by atoms with Crippen LogP contribution in [0.3, 0.4) is 0 Å². The molecule has 0 unspecified atom stereocenters. The van der Waals surface area contributed by atoms with E-state index in [1.54, 1.807) is 16.2 Å². The van der Waals surface area contributed by atoms with Crippen LogP contribution in [0.5, 0.6) is 0 Å². The number of hydrogen-bond donors (Lipinski definition) is 0. The molecule has 0 radical (unpaired) electrons. The molecule has 1 amide bonds. The number of nitrogens with zero attached hydrogens (tertiary/aromatic N) is 4. The minimum absolute atomic E-state index is 0.0160. The van der Waals surface area contributed by atoms with Crippen LogP contribution in [0.15, 0.2) is 46.4 Å². The normalized spacial score (nSPS) is 15.9. The quantitative estimate of drug-likeness (QED) is 0.470. The van der Waals surface area contributed by atoms with Gasteiger partial charge in [0, 0.05) is 54.3 Å². The number of aromatic nitrogens is 3. The highest BCUT2D eigenvalue weighted by atomic mass is 32.1. The average molecular weight is 440 g/mol. The van der Waals surface area contributed by atoms with Crippen LogP contribution in [0.25, 0.3) is 11.3 Å². The molecular formula is C22H18F2N4O2S. The van der Waals surface area contributed by atoms with Crippen LogP contribution in [0.2, 0.25) is 0 Å². The highest BCUT2D eigenvalue weighted by Crippen LogP contribution is 2.38. The largest absolute Gasteiger partial charge is 0.355 e. The van der Waals surface area contributed by atoms with Gasteiger partial charge in [-0.3, -0.25) is 9.48 Å². The van der Waals surface area contributed by atoms with E-state index in [0.29, 0.717) is 13.1 Å². The molecule has 9 heteroatoms. The number of thiophene rings is 1. The standard InChI is InChI=1S/C22H18F2N4O2S/c1-12-16(9-25-27(12)2)17-11-28(10-13-5-6-31-21(13)17)22(29)19-8-20(30-26-19)15-4-3-14(23)7-18(15)24/h3-9,17H,10-11H2,1-2H3/t17-/m1/s1. The molecule has 6 nitrogen and oxygen atoms in total. The summed E-state index contributed by atoms with van der Waals surface area (Å²) >= 11 is 1.68. The van der Waals surface area contributed by atoms with Crippen LogP contribution in [0.1, 0.15) is 38.1 Å². The summed E-state index contributed by atoms with van der Waals surface area (Å²) in [5.41, 5.74) is 3.35. The third kappa shape index (κ3) is 3.34. The fourth-order valence-electron chi connectivity index (χ4n) is 3.96. The van der Waals surface area contributed by atoms with Gasteiger partial charge in [-0.25, -0.2) is 8.78 Å². The number of benzene rings is 1. The van der Waals surface area contributed by atoms with Gasteiger partial charge in [0.15, 0.2) is 11.5 Å². The van der Waals surface area contributed by atoms with Crippen molar-refractivity contribution in [1.82, 2.24) is 19.8 Å². The third-order valence-corrected chi connectivity index (χ3v) is 6.80. The molecule has 1 aromatic carbocycles. The molecule has 1 atom stereocenters. The van der Waals surface area contributed by atoms with Crippen molar-refractivity contribution < 1.29 is 18.1 Å². The maximum atomic E-state index is 14.1. The van der Waals surface area contributed by atoms with Crippen molar-refractivity contribution in [1.29, 1.82) is 0 Å². The highest BCUT2D eigenvalue weighted by molar-refractivity contribution is 7.10. The summed E-state index contributed by atoms with van der Waals surface area (Å²) in [6.07, 6.45) is 1.85. The second-order valence-electron chi connectivity index (χ2n) is 7.56. The number of carbonyl (C=O) groups excluding carboxylic acids is 1. The average Bonchev–Trinajstić information content (AvgIpc) is 3.48. The van der Waals surface area contributed by atoms with E-state index in [0.717, 1.165) is 29.0 Å². The van der Waals surface area contributed by atoms with Gasteiger partial charge >= 0.3 is 0 Å². The first kappa shape index (κ1) is 19.6.